The van der Waals surface area contributed by atoms with Gasteiger partial charge in [-0.05, 0) is 50.0 Å². The monoisotopic (exact) mass is 524 g/mol. The molecule has 0 fully saturated rings. The lowest BCUT2D eigenvalue weighted by Gasteiger charge is -2.22. The van der Waals surface area contributed by atoms with Crippen molar-refractivity contribution in [3.05, 3.63) is 163 Å². The number of para-hydroxylation sites is 1. The fourth-order valence-electron chi connectivity index (χ4n) is 5.98. The number of benzene rings is 7. The van der Waals surface area contributed by atoms with Crippen molar-refractivity contribution < 1.29 is 4.74 Å². The molecule has 41 heavy (non-hydrogen) atoms. The van der Waals surface area contributed by atoms with Gasteiger partial charge in [0.15, 0.2) is 0 Å². The largest absolute Gasteiger partial charge is 0.496 e. The van der Waals surface area contributed by atoms with E-state index >= 15 is 0 Å². The maximum atomic E-state index is 5.81. The van der Waals surface area contributed by atoms with Crippen LogP contribution in [0.1, 0.15) is 11.1 Å². The molecule has 0 bridgehead atoms. The Morgan fingerprint density at radius 2 is 0.951 bits per heavy atom. The number of hydrogen-bond donors (Lipinski definition) is 0. The molecule has 0 saturated carbocycles. The second kappa shape index (κ2) is 10.8. The second-order valence-corrected chi connectivity index (χ2v) is 10.5. The van der Waals surface area contributed by atoms with Crippen LogP contribution in [0.25, 0.3) is 43.9 Å². The Morgan fingerprint density at radius 3 is 1.51 bits per heavy atom. The van der Waals surface area contributed by atoms with E-state index < -0.39 is 0 Å². The van der Waals surface area contributed by atoms with Crippen LogP contribution in [-0.4, -0.2) is 13.8 Å². The Hall–Kier alpha value is -5.08. The molecule has 0 aromatic heterocycles. The molecule has 7 rings (SSSR count). The quantitative estimate of drug-likeness (QED) is 0.156. The van der Waals surface area contributed by atoms with Gasteiger partial charge in [-0.3, -0.25) is 0 Å². The molecule has 0 amide bonds. The molecular weight excluding hydrogens is 495 g/mol. The minimum Gasteiger partial charge on any atom is -0.496 e. The van der Waals surface area contributed by atoms with Gasteiger partial charge < -0.3 is 4.74 Å². The van der Waals surface area contributed by atoms with Gasteiger partial charge in [0.05, 0.1) is 7.11 Å². The third kappa shape index (κ3) is 4.90. The smallest absolute Gasteiger partial charge is 0.242 e. The molecule has 0 aliphatic rings. The van der Waals surface area contributed by atoms with E-state index in [0.717, 1.165) is 11.3 Å². The molecule has 0 unspecified atom stereocenters. The van der Waals surface area contributed by atoms with E-state index in [1.54, 1.807) is 7.11 Å². The molecule has 7 aromatic carbocycles. The fraction of sp³-hybridized carbons (Fsp3) is 0.0256. The topological polar surface area (TPSA) is 9.23 Å². The van der Waals surface area contributed by atoms with Gasteiger partial charge in [0.25, 0.3) is 0 Å². The van der Waals surface area contributed by atoms with E-state index in [2.05, 4.69) is 146 Å². The van der Waals surface area contributed by atoms with Gasteiger partial charge in [-0.2, -0.15) is 0 Å². The molecule has 0 heterocycles. The van der Waals surface area contributed by atoms with E-state index in [1.165, 1.54) is 54.3 Å². The summed E-state index contributed by atoms with van der Waals surface area (Å²) in [6, 6.07) is 54.7. The summed E-state index contributed by atoms with van der Waals surface area (Å²) in [7, 11) is 1.74. The predicted octanol–water partition coefficient (Wildman–Crippen LogP) is 8.54. The SMILES string of the molecule is COc1ccccc1/C=C(\B(c1ccc2ccccc2c1)c1ccc2ccccc2c1)c1ccc2ccccc2c1. The van der Waals surface area contributed by atoms with Crippen molar-refractivity contribution in [3.63, 3.8) is 0 Å². The van der Waals surface area contributed by atoms with Gasteiger partial charge in [-0.15, -0.1) is 0 Å². The Bertz CT molecular complexity index is 1980. The zero-order chi connectivity index (χ0) is 27.6. The first-order chi connectivity index (χ1) is 20.3. The highest BCUT2D eigenvalue weighted by molar-refractivity contribution is 7.00. The Labute approximate surface area is 241 Å². The van der Waals surface area contributed by atoms with Crippen LogP contribution in [0.4, 0.5) is 0 Å². The van der Waals surface area contributed by atoms with Gasteiger partial charge >= 0.3 is 0 Å². The lowest BCUT2D eigenvalue weighted by molar-refractivity contribution is 0.414. The zero-order valence-electron chi connectivity index (χ0n) is 23.0. The molecule has 7 aromatic rings. The number of methoxy groups -OCH3 is 1. The van der Waals surface area contributed by atoms with Crippen LogP contribution in [0.5, 0.6) is 5.75 Å². The lowest BCUT2D eigenvalue weighted by atomic mass is 9.35. The normalized spacial score (nSPS) is 11.7. The summed E-state index contributed by atoms with van der Waals surface area (Å²) >= 11 is 0. The molecule has 0 radical (unpaired) electrons. The summed E-state index contributed by atoms with van der Waals surface area (Å²) in [4.78, 5) is 0. The minimum atomic E-state index is -0.00436. The van der Waals surface area contributed by atoms with Gasteiger partial charge in [0.1, 0.15) is 5.75 Å². The van der Waals surface area contributed by atoms with Crippen molar-refractivity contribution in [1.82, 2.24) is 0 Å². The molecule has 1 nitrogen and oxygen atoms in total. The van der Waals surface area contributed by atoms with Crippen molar-refractivity contribution in [2.45, 2.75) is 0 Å². The molecule has 0 aliphatic heterocycles. The Balaban J connectivity index is 1.53. The maximum absolute atomic E-state index is 5.81. The van der Waals surface area contributed by atoms with Crippen molar-refractivity contribution in [2.24, 2.45) is 0 Å². The van der Waals surface area contributed by atoms with Crippen LogP contribution in [-0.2, 0) is 0 Å². The van der Waals surface area contributed by atoms with Crippen LogP contribution >= 0.6 is 0 Å². The van der Waals surface area contributed by atoms with E-state index in [-0.39, 0.29) is 6.71 Å². The first-order valence-electron chi connectivity index (χ1n) is 14.1. The first kappa shape index (κ1) is 24.9. The average Bonchev–Trinajstić information content (AvgIpc) is 3.04. The number of fused-ring (bicyclic) bond motifs is 3. The molecular formula is C39H29BO. The van der Waals surface area contributed by atoms with Crippen LogP contribution in [0.15, 0.2) is 152 Å². The van der Waals surface area contributed by atoms with Gasteiger partial charge in [-0.1, -0.05) is 162 Å². The highest BCUT2D eigenvalue weighted by atomic mass is 16.5. The average molecular weight is 524 g/mol. The highest BCUT2D eigenvalue weighted by Gasteiger charge is 2.26. The maximum Gasteiger partial charge on any atom is 0.242 e. The standard InChI is InChI=1S/C39H29BO/c1-41-39-17-9-8-16-35(39)27-38(34-19-18-28-10-2-5-13-31(28)24-34)40(36-22-20-29-11-3-6-14-32(29)25-36)37-23-21-30-12-4-7-15-33(30)26-37/h2-27H,1H3/b38-27-. The summed E-state index contributed by atoms with van der Waals surface area (Å²) in [6.07, 6.45) is 2.32. The Morgan fingerprint density at radius 1 is 0.488 bits per heavy atom. The van der Waals surface area contributed by atoms with Crippen molar-refractivity contribution in [3.8, 4) is 5.75 Å². The predicted molar refractivity (Wildman–Crippen MR) is 178 cm³/mol. The van der Waals surface area contributed by atoms with E-state index in [0.29, 0.717) is 0 Å². The third-order valence-electron chi connectivity index (χ3n) is 8.06. The van der Waals surface area contributed by atoms with E-state index in [1.807, 2.05) is 12.1 Å². The minimum absolute atomic E-state index is 0.00436. The van der Waals surface area contributed by atoms with Gasteiger partial charge in [-0.25, -0.2) is 0 Å². The zero-order valence-corrected chi connectivity index (χ0v) is 23.0. The summed E-state index contributed by atoms with van der Waals surface area (Å²) < 4.78 is 5.81. The van der Waals surface area contributed by atoms with Crippen LogP contribution in [0.2, 0.25) is 0 Å². The molecule has 0 spiro atoms. The Kier molecular flexibility index (Phi) is 6.58. The summed E-state index contributed by atoms with van der Waals surface area (Å²) in [5, 5.41) is 7.44. The molecule has 2 heteroatoms. The second-order valence-electron chi connectivity index (χ2n) is 10.5. The molecule has 0 N–H and O–H groups in total. The van der Waals surface area contributed by atoms with Crippen LogP contribution in [0.3, 0.4) is 0 Å². The van der Waals surface area contributed by atoms with Gasteiger partial charge in [0, 0.05) is 5.56 Å². The number of rotatable bonds is 6. The summed E-state index contributed by atoms with van der Waals surface area (Å²) in [6.45, 7) is -0.00436. The van der Waals surface area contributed by atoms with E-state index in [9.17, 15) is 0 Å². The lowest BCUT2D eigenvalue weighted by Crippen LogP contribution is -2.43. The molecule has 0 aliphatic carbocycles. The number of hydrogen-bond acceptors (Lipinski definition) is 1. The van der Waals surface area contributed by atoms with Gasteiger partial charge in [0.2, 0.25) is 6.71 Å². The molecule has 194 valence electrons. The molecule has 0 saturated heterocycles. The van der Waals surface area contributed by atoms with Crippen molar-refractivity contribution in [2.75, 3.05) is 7.11 Å². The fourth-order valence-corrected chi connectivity index (χ4v) is 5.98. The highest BCUT2D eigenvalue weighted by Crippen LogP contribution is 2.29. The first-order valence-corrected chi connectivity index (χ1v) is 14.1. The number of ether oxygens (including phenoxy) is 1. The van der Waals surface area contributed by atoms with Crippen molar-refractivity contribution in [1.29, 1.82) is 0 Å². The summed E-state index contributed by atoms with van der Waals surface area (Å²) in [5.74, 6) is 0.863. The van der Waals surface area contributed by atoms with Crippen molar-refractivity contribution >= 4 is 61.5 Å². The molecule has 0 atom stereocenters. The van der Waals surface area contributed by atoms with Crippen LogP contribution < -0.4 is 15.7 Å². The van der Waals surface area contributed by atoms with E-state index in [4.69, 9.17) is 4.74 Å². The third-order valence-corrected chi connectivity index (χ3v) is 8.06. The summed E-state index contributed by atoms with van der Waals surface area (Å²) in [5.41, 5.74) is 6.00. The van der Waals surface area contributed by atoms with Crippen LogP contribution in [0, 0.1) is 0 Å².